The minimum Gasteiger partial charge on any atom is -0.396 e. The van der Waals surface area contributed by atoms with Crippen LogP contribution < -0.4 is 10.6 Å². The van der Waals surface area contributed by atoms with E-state index < -0.39 is 11.9 Å². The lowest BCUT2D eigenvalue weighted by Gasteiger charge is -2.03. The van der Waals surface area contributed by atoms with Gasteiger partial charge in [-0.15, -0.1) is 5.10 Å². The fraction of sp³-hybridized carbons (Fsp3) is 0.556. The Labute approximate surface area is 98.0 Å². The minimum absolute atomic E-state index is 0.0240. The molecule has 17 heavy (non-hydrogen) atoms. The Balaban J connectivity index is 2.41. The summed E-state index contributed by atoms with van der Waals surface area (Å²) >= 11 is 0. The maximum atomic E-state index is 11.4. The molecule has 0 bridgehead atoms. The summed E-state index contributed by atoms with van der Waals surface area (Å²) in [4.78, 5) is 22.4. The number of rotatable bonds is 5. The van der Waals surface area contributed by atoms with Gasteiger partial charge in [0.25, 0.3) is 0 Å². The van der Waals surface area contributed by atoms with Gasteiger partial charge >= 0.3 is 6.03 Å². The van der Waals surface area contributed by atoms with E-state index in [4.69, 9.17) is 5.11 Å². The standard InChI is InChI=1S/C9H15N5O3/c1-2-10-9(17)11-8(16)6-14-5-7(3-4-15)12-13-14/h5,15H,2-4,6H2,1H3,(H2,10,11,16,17). The van der Waals surface area contributed by atoms with Crippen LogP contribution in [0.15, 0.2) is 6.20 Å². The summed E-state index contributed by atoms with van der Waals surface area (Å²) in [6.45, 7) is 2.09. The minimum atomic E-state index is -0.534. The van der Waals surface area contributed by atoms with E-state index in [-0.39, 0.29) is 13.2 Å². The molecular weight excluding hydrogens is 226 g/mol. The fourth-order valence-electron chi connectivity index (χ4n) is 1.16. The largest absolute Gasteiger partial charge is 0.396 e. The Morgan fingerprint density at radius 1 is 1.53 bits per heavy atom. The molecule has 0 saturated heterocycles. The Kier molecular flexibility index (Phi) is 5.08. The molecule has 1 heterocycles. The molecule has 8 heteroatoms. The lowest BCUT2D eigenvalue weighted by atomic mass is 10.3. The molecular formula is C9H15N5O3. The second-order valence-corrected chi connectivity index (χ2v) is 3.29. The Hall–Kier alpha value is -1.96. The zero-order valence-electron chi connectivity index (χ0n) is 9.51. The SMILES string of the molecule is CCNC(=O)NC(=O)Cn1cc(CCO)nn1. The normalized spacial score (nSPS) is 10.0. The van der Waals surface area contributed by atoms with Crippen LogP contribution in [0, 0.1) is 0 Å². The van der Waals surface area contributed by atoms with E-state index in [9.17, 15) is 9.59 Å². The van der Waals surface area contributed by atoms with Crippen molar-refractivity contribution in [3.05, 3.63) is 11.9 Å². The Bertz CT molecular complexity index is 390. The van der Waals surface area contributed by atoms with Crippen LogP contribution in [0.4, 0.5) is 4.79 Å². The highest BCUT2D eigenvalue weighted by atomic mass is 16.3. The van der Waals surface area contributed by atoms with Crippen LogP contribution in [0.5, 0.6) is 0 Å². The van der Waals surface area contributed by atoms with Gasteiger partial charge in [0, 0.05) is 25.8 Å². The lowest BCUT2D eigenvalue weighted by Crippen LogP contribution is -2.40. The number of hydrogen-bond donors (Lipinski definition) is 3. The van der Waals surface area contributed by atoms with Gasteiger partial charge in [-0.1, -0.05) is 5.21 Å². The molecule has 0 atom stereocenters. The van der Waals surface area contributed by atoms with Gasteiger partial charge in [-0.2, -0.15) is 0 Å². The topological polar surface area (TPSA) is 109 Å². The zero-order chi connectivity index (χ0) is 12.7. The molecule has 3 N–H and O–H groups in total. The first-order chi connectivity index (χ1) is 8.15. The average Bonchev–Trinajstić information content (AvgIpc) is 2.66. The van der Waals surface area contributed by atoms with Crippen molar-refractivity contribution >= 4 is 11.9 Å². The van der Waals surface area contributed by atoms with E-state index in [1.807, 2.05) is 0 Å². The number of nitrogens with one attached hydrogen (secondary N) is 2. The van der Waals surface area contributed by atoms with Gasteiger partial charge in [-0.05, 0) is 6.92 Å². The molecule has 0 spiro atoms. The van der Waals surface area contributed by atoms with Gasteiger partial charge in [0.2, 0.25) is 5.91 Å². The Morgan fingerprint density at radius 2 is 2.29 bits per heavy atom. The summed E-state index contributed by atoms with van der Waals surface area (Å²) in [5.74, 6) is -0.476. The summed E-state index contributed by atoms with van der Waals surface area (Å²) in [5.41, 5.74) is 0.596. The molecule has 3 amide bonds. The third-order valence-electron chi connectivity index (χ3n) is 1.85. The van der Waals surface area contributed by atoms with E-state index in [1.54, 1.807) is 13.1 Å². The van der Waals surface area contributed by atoms with Crippen molar-refractivity contribution in [3.63, 3.8) is 0 Å². The molecule has 0 aliphatic carbocycles. The third kappa shape index (κ3) is 4.60. The van der Waals surface area contributed by atoms with E-state index in [0.29, 0.717) is 18.7 Å². The number of amides is 3. The molecule has 0 saturated carbocycles. The van der Waals surface area contributed by atoms with E-state index in [1.165, 1.54) is 4.68 Å². The molecule has 1 aromatic rings. The first-order valence-corrected chi connectivity index (χ1v) is 5.23. The molecule has 0 aromatic carbocycles. The highest BCUT2D eigenvalue weighted by molar-refractivity contribution is 5.94. The fourth-order valence-corrected chi connectivity index (χ4v) is 1.16. The van der Waals surface area contributed by atoms with Crippen molar-refractivity contribution in [1.82, 2.24) is 25.6 Å². The van der Waals surface area contributed by atoms with Gasteiger partial charge in [-0.3, -0.25) is 10.1 Å². The predicted molar refractivity (Wildman–Crippen MR) is 58.0 cm³/mol. The number of imide groups is 1. The number of aromatic nitrogens is 3. The smallest absolute Gasteiger partial charge is 0.321 e. The van der Waals surface area contributed by atoms with E-state index >= 15 is 0 Å². The highest BCUT2D eigenvalue weighted by Gasteiger charge is 2.08. The molecule has 0 fully saturated rings. The van der Waals surface area contributed by atoms with Gasteiger partial charge in [-0.25, -0.2) is 9.48 Å². The molecule has 0 unspecified atom stereocenters. The van der Waals surface area contributed by atoms with Crippen LogP contribution in [0.25, 0.3) is 0 Å². The number of urea groups is 1. The molecule has 1 aromatic heterocycles. The van der Waals surface area contributed by atoms with Crippen LogP contribution in [0.3, 0.4) is 0 Å². The van der Waals surface area contributed by atoms with Crippen LogP contribution >= 0.6 is 0 Å². The molecule has 0 aliphatic rings. The van der Waals surface area contributed by atoms with Crippen molar-refractivity contribution in [2.75, 3.05) is 13.2 Å². The van der Waals surface area contributed by atoms with Crippen LogP contribution in [-0.2, 0) is 17.8 Å². The number of carbonyl (C=O) groups excluding carboxylic acids is 2. The second kappa shape index (κ2) is 6.59. The van der Waals surface area contributed by atoms with Gasteiger partial charge < -0.3 is 10.4 Å². The zero-order valence-corrected chi connectivity index (χ0v) is 9.51. The molecule has 94 valence electrons. The summed E-state index contributed by atoms with van der Waals surface area (Å²) in [6, 6.07) is -0.534. The lowest BCUT2D eigenvalue weighted by molar-refractivity contribution is -0.120. The number of aliphatic hydroxyl groups is 1. The quantitative estimate of drug-likeness (QED) is 0.591. The maximum absolute atomic E-state index is 11.4. The van der Waals surface area contributed by atoms with E-state index in [0.717, 1.165) is 0 Å². The first kappa shape index (κ1) is 13.1. The van der Waals surface area contributed by atoms with Crippen molar-refractivity contribution < 1.29 is 14.7 Å². The summed E-state index contributed by atoms with van der Waals surface area (Å²) < 4.78 is 1.31. The van der Waals surface area contributed by atoms with E-state index in [2.05, 4.69) is 20.9 Å². The average molecular weight is 241 g/mol. The first-order valence-electron chi connectivity index (χ1n) is 5.23. The number of carbonyl (C=O) groups is 2. The van der Waals surface area contributed by atoms with Crippen molar-refractivity contribution in [2.45, 2.75) is 19.9 Å². The Morgan fingerprint density at radius 3 is 2.94 bits per heavy atom. The molecule has 1 rings (SSSR count). The summed E-state index contributed by atoms with van der Waals surface area (Å²) in [5, 5.41) is 20.7. The molecule has 0 radical (unpaired) electrons. The monoisotopic (exact) mass is 241 g/mol. The maximum Gasteiger partial charge on any atom is 0.321 e. The van der Waals surface area contributed by atoms with Crippen LogP contribution in [0.2, 0.25) is 0 Å². The summed E-state index contributed by atoms with van der Waals surface area (Å²) in [7, 11) is 0. The van der Waals surface area contributed by atoms with Crippen molar-refractivity contribution in [1.29, 1.82) is 0 Å². The van der Waals surface area contributed by atoms with Gasteiger partial charge in [0.05, 0.1) is 5.69 Å². The van der Waals surface area contributed by atoms with Crippen LogP contribution in [-0.4, -0.2) is 45.2 Å². The van der Waals surface area contributed by atoms with Gasteiger partial charge in [0.15, 0.2) is 0 Å². The van der Waals surface area contributed by atoms with Crippen molar-refractivity contribution in [2.24, 2.45) is 0 Å². The predicted octanol–water partition coefficient (Wildman–Crippen LogP) is -1.34. The van der Waals surface area contributed by atoms with Gasteiger partial charge in [0.1, 0.15) is 6.54 Å². The third-order valence-corrected chi connectivity index (χ3v) is 1.85. The number of hydrogen-bond acceptors (Lipinski definition) is 5. The number of nitrogens with zero attached hydrogens (tertiary/aromatic N) is 3. The highest BCUT2D eigenvalue weighted by Crippen LogP contribution is 1.93. The molecule has 0 aliphatic heterocycles. The van der Waals surface area contributed by atoms with Crippen LogP contribution in [0.1, 0.15) is 12.6 Å². The number of aliphatic hydroxyl groups excluding tert-OH is 1. The summed E-state index contributed by atoms with van der Waals surface area (Å²) in [6.07, 6.45) is 1.94. The van der Waals surface area contributed by atoms with Crippen molar-refractivity contribution in [3.8, 4) is 0 Å². The molecule has 8 nitrogen and oxygen atoms in total. The second-order valence-electron chi connectivity index (χ2n) is 3.29.